The van der Waals surface area contributed by atoms with E-state index in [0.29, 0.717) is 11.5 Å². The van der Waals surface area contributed by atoms with Crippen molar-refractivity contribution < 1.29 is 18.6 Å². The Labute approximate surface area is 93.9 Å². The van der Waals surface area contributed by atoms with Crippen molar-refractivity contribution in [3.8, 4) is 5.75 Å². The Morgan fingerprint density at radius 2 is 2.00 bits per heavy atom. The molecule has 1 radical (unpaired) electrons. The van der Waals surface area contributed by atoms with Gasteiger partial charge in [0.15, 0.2) is 0 Å². The molecule has 0 atom stereocenters. The van der Waals surface area contributed by atoms with Crippen LogP contribution in [0.25, 0.3) is 0 Å². The van der Waals surface area contributed by atoms with Crippen LogP contribution >= 0.6 is 0 Å². The van der Waals surface area contributed by atoms with Gasteiger partial charge in [-0.15, -0.1) is 0 Å². The second-order valence-electron chi connectivity index (χ2n) is 4.02. The van der Waals surface area contributed by atoms with Gasteiger partial charge < -0.3 is 9.84 Å². The first kappa shape index (κ1) is 12.9. The van der Waals surface area contributed by atoms with Crippen molar-refractivity contribution >= 4 is 0 Å². The molecule has 0 bridgehead atoms. The largest absolute Gasteiger partial charge is 0.435 e. The molecule has 2 nitrogen and oxygen atoms in total. The zero-order valence-electron chi connectivity index (χ0n) is 9.28. The molecule has 0 aliphatic carbocycles. The summed E-state index contributed by atoms with van der Waals surface area (Å²) in [4.78, 5) is 0. The van der Waals surface area contributed by atoms with Gasteiger partial charge in [-0.25, -0.2) is 0 Å². The SMILES string of the molecule is CC(C)Cc1cc([CH]O)cc(OC(F)F)c1. The van der Waals surface area contributed by atoms with Crippen molar-refractivity contribution in [1.29, 1.82) is 0 Å². The normalized spacial score (nSPS) is 11.2. The third-order valence-corrected chi connectivity index (χ3v) is 2.01. The highest BCUT2D eigenvalue weighted by atomic mass is 19.3. The van der Waals surface area contributed by atoms with Crippen LogP contribution in [-0.2, 0) is 6.42 Å². The first-order valence-corrected chi connectivity index (χ1v) is 5.07. The number of benzene rings is 1. The minimum Gasteiger partial charge on any atom is -0.435 e. The van der Waals surface area contributed by atoms with Crippen LogP contribution in [0.5, 0.6) is 5.75 Å². The summed E-state index contributed by atoms with van der Waals surface area (Å²) in [5.74, 6) is 0.488. The maximum absolute atomic E-state index is 12.1. The molecule has 0 aromatic heterocycles. The van der Waals surface area contributed by atoms with E-state index in [1.54, 1.807) is 12.1 Å². The minimum atomic E-state index is -2.85. The lowest BCUT2D eigenvalue weighted by Gasteiger charge is -2.10. The quantitative estimate of drug-likeness (QED) is 0.838. The smallest absolute Gasteiger partial charge is 0.387 e. The molecule has 0 fully saturated rings. The second-order valence-corrected chi connectivity index (χ2v) is 4.02. The van der Waals surface area contributed by atoms with Gasteiger partial charge in [0.2, 0.25) is 0 Å². The molecular formula is C12H15F2O2. The molecule has 0 aliphatic rings. The van der Waals surface area contributed by atoms with Crippen molar-refractivity contribution in [3.05, 3.63) is 35.9 Å². The molecule has 1 aromatic carbocycles. The molecule has 0 aliphatic heterocycles. The zero-order chi connectivity index (χ0) is 12.1. The molecular weight excluding hydrogens is 214 g/mol. The van der Waals surface area contributed by atoms with E-state index in [1.165, 1.54) is 6.07 Å². The summed E-state index contributed by atoms with van der Waals surface area (Å²) in [6.45, 7) is 2.09. The van der Waals surface area contributed by atoms with Gasteiger partial charge in [-0.05, 0) is 35.6 Å². The van der Waals surface area contributed by atoms with E-state index in [4.69, 9.17) is 5.11 Å². The Bertz CT molecular complexity index is 310. The summed E-state index contributed by atoms with van der Waals surface area (Å²) in [6, 6.07) is 4.69. The second kappa shape index (κ2) is 5.80. The van der Waals surface area contributed by atoms with E-state index in [2.05, 4.69) is 4.74 Å². The maximum atomic E-state index is 12.1. The van der Waals surface area contributed by atoms with Crippen molar-refractivity contribution in [1.82, 2.24) is 0 Å². The zero-order valence-corrected chi connectivity index (χ0v) is 9.28. The molecule has 0 spiro atoms. The molecule has 0 amide bonds. The lowest BCUT2D eigenvalue weighted by Crippen LogP contribution is -2.04. The van der Waals surface area contributed by atoms with Crippen molar-refractivity contribution in [2.24, 2.45) is 5.92 Å². The topological polar surface area (TPSA) is 29.5 Å². The predicted octanol–water partition coefficient (Wildman–Crippen LogP) is 3.37. The van der Waals surface area contributed by atoms with E-state index in [1.807, 2.05) is 13.8 Å². The van der Waals surface area contributed by atoms with Crippen LogP contribution in [0.4, 0.5) is 8.78 Å². The van der Waals surface area contributed by atoms with Crippen LogP contribution in [0.1, 0.15) is 25.0 Å². The van der Waals surface area contributed by atoms with Gasteiger partial charge in [-0.1, -0.05) is 19.9 Å². The minimum absolute atomic E-state index is 0.0773. The highest BCUT2D eigenvalue weighted by Gasteiger charge is 2.08. The van der Waals surface area contributed by atoms with E-state index in [0.717, 1.165) is 18.6 Å². The Hall–Kier alpha value is -1.16. The number of hydrogen-bond donors (Lipinski definition) is 1. The summed E-state index contributed by atoms with van der Waals surface area (Å²) in [7, 11) is 0. The average molecular weight is 229 g/mol. The lowest BCUT2D eigenvalue weighted by atomic mass is 10.0. The highest BCUT2D eigenvalue weighted by molar-refractivity contribution is 5.37. The van der Waals surface area contributed by atoms with Crippen LogP contribution in [0.2, 0.25) is 0 Å². The summed E-state index contributed by atoms with van der Waals surface area (Å²) in [5, 5.41) is 8.89. The van der Waals surface area contributed by atoms with Crippen LogP contribution in [-0.4, -0.2) is 11.7 Å². The number of halogens is 2. The number of aliphatic hydroxyl groups is 1. The van der Waals surface area contributed by atoms with Crippen LogP contribution in [0.15, 0.2) is 18.2 Å². The monoisotopic (exact) mass is 229 g/mol. The fourth-order valence-corrected chi connectivity index (χ4v) is 1.52. The maximum Gasteiger partial charge on any atom is 0.387 e. The molecule has 89 valence electrons. The number of hydrogen-bond acceptors (Lipinski definition) is 2. The third kappa shape index (κ3) is 4.14. The Morgan fingerprint density at radius 3 is 2.50 bits per heavy atom. The van der Waals surface area contributed by atoms with Gasteiger partial charge in [0.25, 0.3) is 0 Å². The first-order chi connectivity index (χ1) is 7.51. The van der Waals surface area contributed by atoms with Crippen molar-refractivity contribution in [3.63, 3.8) is 0 Å². The standard InChI is InChI=1S/C12H15F2O2/c1-8(2)3-9-4-10(7-15)6-11(5-9)16-12(13)14/h4-8,12,15H,3H2,1-2H3. The van der Waals surface area contributed by atoms with Gasteiger partial charge in [0, 0.05) is 0 Å². The lowest BCUT2D eigenvalue weighted by molar-refractivity contribution is -0.0499. The molecule has 1 N–H and O–H groups in total. The van der Waals surface area contributed by atoms with Crippen molar-refractivity contribution in [2.45, 2.75) is 26.9 Å². The highest BCUT2D eigenvalue weighted by Crippen LogP contribution is 2.21. The number of alkyl halides is 2. The van der Waals surface area contributed by atoms with Crippen LogP contribution in [0.3, 0.4) is 0 Å². The average Bonchev–Trinajstić information content (AvgIpc) is 2.14. The predicted molar refractivity (Wildman–Crippen MR) is 57.0 cm³/mol. The molecule has 4 heteroatoms. The summed E-state index contributed by atoms with van der Waals surface area (Å²) < 4.78 is 28.4. The van der Waals surface area contributed by atoms with E-state index >= 15 is 0 Å². The summed E-state index contributed by atoms with van der Waals surface area (Å²) >= 11 is 0. The first-order valence-electron chi connectivity index (χ1n) is 5.07. The van der Waals surface area contributed by atoms with Gasteiger partial charge >= 0.3 is 6.61 Å². The van der Waals surface area contributed by atoms with E-state index in [9.17, 15) is 8.78 Å². The summed E-state index contributed by atoms with van der Waals surface area (Å²) in [5.41, 5.74) is 1.34. The van der Waals surface area contributed by atoms with E-state index in [-0.39, 0.29) is 5.75 Å². The number of ether oxygens (including phenoxy) is 1. The Balaban J connectivity index is 2.91. The van der Waals surface area contributed by atoms with Gasteiger partial charge in [0.1, 0.15) is 12.4 Å². The fraction of sp³-hybridized carbons (Fsp3) is 0.417. The molecule has 0 heterocycles. The van der Waals surface area contributed by atoms with Gasteiger partial charge in [0.05, 0.1) is 0 Å². The molecule has 0 unspecified atom stereocenters. The molecule has 1 aromatic rings. The van der Waals surface area contributed by atoms with Gasteiger partial charge in [-0.3, -0.25) is 0 Å². The molecule has 1 rings (SSSR count). The molecule has 16 heavy (non-hydrogen) atoms. The number of aliphatic hydroxyl groups excluding tert-OH is 1. The van der Waals surface area contributed by atoms with Crippen molar-refractivity contribution in [2.75, 3.05) is 0 Å². The van der Waals surface area contributed by atoms with Gasteiger partial charge in [-0.2, -0.15) is 8.78 Å². The fourth-order valence-electron chi connectivity index (χ4n) is 1.52. The molecule has 0 saturated heterocycles. The molecule has 0 saturated carbocycles. The third-order valence-electron chi connectivity index (χ3n) is 2.01. The van der Waals surface area contributed by atoms with E-state index < -0.39 is 6.61 Å². The van der Waals surface area contributed by atoms with Crippen LogP contribution < -0.4 is 4.74 Å². The Kier molecular flexibility index (Phi) is 4.68. The van der Waals surface area contributed by atoms with Crippen LogP contribution in [0, 0.1) is 12.5 Å². The summed E-state index contributed by atoms with van der Waals surface area (Å²) in [6.07, 6.45) is 0.751. The number of rotatable bonds is 5. The Morgan fingerprint density at radius 1 is 1.31 bits per heavy atom.